The minimum atomic E-state index is -0.245. The van der Waals surface area contributed by atoms with Crippen LogP contribution in [0.3, 0.4) is 0 Å². The van der Waals surface area contributed by atoms with E-state index in [4.69, 9.17) is 4.42 Å². The summed E-state index contributed by atoms with van der Waals surface area (Å²) in [6.45, 7) is 0. The molecule has 11 heavy (non-hydrogen) atoms. The molecule has 0 aliphatic heterocycles. The first-order valence-corrected chi connectivity index (χ1v) is 3.89. The molecule has 2 aromatic rings. The van der Waals surface area contributed by atoms with Crippen LogP contribution in [0.4, 0.5) is 4.39 Å². The van der Waals surface area contributed by atoms with Crippen molar-refractivity contribution in [3.05, 3.63) is 34.8 Å². The minimum absolute atomic E-state index is 0.245. The second-order valence-corrected chi connectivity index (χ2v) is 3.01. The van der Waals surface area contributed by atoms with Crippen LogP contribution in [0, 0.1) is 5.82 Å². The van der Waals surface area contributed by atoms with Crippen LogP contribution in [0.25, 0.3) is 11.0 Å². The maximum atomic E-state index is 12.6. The monoisotopic (exact) mass is 214 g/mol. The Balaban J connectivity index is 2.82. The van der Waals surface area contributed by atoms with E-state index in [1.54, 1.807) is 12.1 Å². The van der Waals surface area contributed by atoms with Crippen molar-refractivity contribution >= 4 is 26.9 Å². The summed E-state index contributed by atoms with van der Waals surface area (Å²) in [4.78, 5) is 0. The highest BCUT2D eigenvalue weighted by molar-refractivity contribution is 9.10. The Morgan fingerprint density at radius 1 is 1.27 bits per heavy atom. The molecule has 0 aliphatic carbocycles. The van der Waals surface area contributed by atoms with Crippen molar-refractivity contribution in [2.24, 2.45) is 0 Å². The highest BCUT2D eigenvalue weighted by Crippen LogP contribution is 2.23. The van der Waals surface area contributed by atoms with E-state index in [0.717, 1.165) is 5.39 Å². The molecular formula is C8H4BrFO. The van der Waals surface area contributed by atoms with Gasteiger partial charge in [-0.25, -0.2) is 4.39 Å². The second-order valence-electron chi connectivity index (χ2n) is 2.23. The summed E-state index contributed by atoms with van der Waals surface area (Å²) in [5.41, 5.74) is 0.693. The van der Waals surface area contributed by atoms with Gasteiger partial charge >= 0.3 is 0 Å². The standard InChI is InChI=1S/C8H4BrFO/c9-8-4-5-3-6(10)1-2-7(5)11-8/h1-4H. The summed E-state index contributed by atoms with van der Waals surface area (Å²) in [5, 5.41) is 0.775. The van der Waals surface area contributed by atoms with Crippen molar-refractivity contribution in [2.75, 3.05) is 0 Å². The predicted molar refractivity (Wildman–Crippen MR) is 43.9 cm³/mol. The molecule has 56 valence electrons. The lowest BCUT2D eigenvalue weighted by atomic mass is 10.2. The molecular weight excluding hydrogens is 211 g/mol. The Morgan fingerprint density at radius 2 is 2.09 bits per heavy atom. The van der Waals surface area contributed by atoms with Crippen molar-refractivity contribution in [1.82, 2.24) is 0 Å². The third-order valence-corrected chi connectivity index (χ3v) is 1.84. The Bertz CT molecular complexity index is 394. The van der Waals surface area contributed by atoms with Gasteiger partial charge in [0.15, 0.2) is 4.67 Å². The van der Waals surface area contributed by atoms with Crippen LogP contribution in [-0.4, -0.2) is 0 Å². The zero-order chi connectivity index (χ0) is 7.84. The molecule has 1 heterocycles. The predicted octanol–water partition coefficient (Wildman–Crippen LogP) is 3.33. The van der Waals surface area contributed by atoms with E-state index in [9.17, 15) is 4.39 Å². The van der Waals surface area contributed by atoms with Gasteiger partial charge in [-0.2, -0.15) is 0 Å². The third-order valence-electron chi connectivity index (χ3n) is 1.45. The Labute approximate surface area is 70.9 Å². The fourth-order valence-corrected chi connectivity index (χ4v) is 1.40. The van der Waals surface area contributed by atoms with Gasteiger partial charge in [-0.1, -0.05) is 0 Å². The van der Waals surface area contributed by atoms with Crippen molar-refractivity contribution < 1.29 is 8.81 Å². The van der Waals surface area contributed by atoms with Crippen molar-refractivity contribution in [3.8, 4) is 0 Å². The lowest BCUT2D eigenvalue weighted by molar-refractivity contribution is 0.585. The fraction of sp³-hybridized carbons (Fsp3) is 0. The molecule has 0 N–H and O–H groups in total. The van der Waals surface area contributed by atoms with Gasteiger partial charge < -0.3 is 4.42 Å². The topological polar surface area (TPSA) is 13.1 Å². The van der Waals surface area contributed by atoms with Gasteiger partial charge in [0.1, 0.15) is 11.4 Å². The normalized spacial score (nSPS) is 10.7. The number of furan rings is 1. The number of hydrogen-bond donors (Lipinski definition) is 0. The summed E-state index contributed by atoms with van der Waals surface area (Å²) in [5.74, 6) is -0.245. The highest BCUT2D eigenvalue weighted by Gasteiger charge is 2.00. The molecule has 0 unspecified atom stereocenters. The van der Waals surface area contributed by atoms with E-state index in [2.05, 4.69) is 15.9 Å². The van der Waals surface area contributed by atoms with Crippen LogP contribution in [0.5, 0.6) is 0 Å². The molecule has 0 bridgehead atoms. The first-order valence-electron chi connectivity index (χ1n) is 3.10. The number of benzene rings is 1. The Kier molecular flexibility index (Phi) is 1.46. The van der Waals surface area contributed by atoms with Crippen LogP contribution in [-0.2, 0) is 0 Å². The Hall–Kier alpha value is -0.830. The molecule has 1 aromatic heterocycles. The molecule has 0 fully saturated rings. The highest BCUT2D eigenvalue weighted by atomic mass is 79.9. The molecule has 0 spiro atoms. The van der Waals surface area contributed by atoms with E-state index < -0.39 is 0 Å². The largest absolute Gasteiger partial charge is 0.449 e. The van der Waals surface area contributed by atoms with E-state index in [-0.39, 0.29) is 5.82 Å². The summed E-state index contributed by atoms with van der Waals surface area (Å²) < 4.78 is 18.4. The summed E-state index contributed by atoms with van der Waals surface area (Å²) in [6, 6.07) is 6.15. The zero-order valence-corrected chi connectivity index (χ0v) is 7.06. The quantitative estimate of drug-likeness (QED) is 0.656. The number of hydrogen-bond acceptors (Lipinski definition) is 1. The lowest BCUT2D eigenvalue weighted by Gasteiger charge is -1.85. The van der Waals surface area contributed by atoms with Crippen LogP contribution in [0.15, 0.2) is 33.4 Å². The van der Waals surface area contributed by atoms with Gasteiger partial charge in [0.25, 0.3) is 0 Å². The molecule has 0 atom stereocenters. The van der Waals surface area contributed by atoms with E-state index in [0.29, 0.717) is 10.3 Å². The van der Waals surface area contributed by atoms with E-state index in [1.165, 1.54) is 12.1 Å². The van der Waals surface area contributed by atoms with Crippen LogP contribution in [0.1, 0.15) is 0 Å². The Morgan fingerprint density at radius 3 is 2.91 bits per heavy atom. The SMILES string of the molecule is Fc1ccc2oc(Br)cc2c1. The molecule has 0 aliphatic rings. The summed E-state index contributed by atoms with van der Waals surface area (Å²) >= 11 is 3.16. The maximum absolute atomic E-state index is 12.6. The average Bonchev–Trinajstić information content (AvgIpc) is 2.27. The molecule has 1 aromatic carbocycles. The fourth-order valence-electron chi connectivity index (χ4n) is 0.982. The summed E-state index contributed by atoms with van der Waals surface area (Å²) in [6.07, 6.45) is 0. The van der Waals surface area contributed by atoms with Crippen molar-refractivity contribution in [2.45, 2.75) is 0 Å². The van der Waals surface area contributed by atoms with Crippen LogP contribution < -0.4 is 0 Å². The van der Waals surface area contributed by atoms with Crippen molar-refractivity contribution in [3.63, 3.8) is 0 Å². The van der Waals surface area contributed by atoms with Gasteiger partial charge in [-0.05, 0) is 40.2 Å². The van der Waals surface area contributed by atoms with Crippen LogP contribution >= 0.6 is 15.9 Å². The number of fused-ring (bicyclic) bond motifs is 1. The second kappa shape index (κ2) is 2.34. The van der Waals surface area contributed by atoms with Gasteiger partial charge in [-0.3, -0.25) is 0 Å². The van der Waals surface area contributed by atoms with Gasteiger partial charge in [0.2, 0.25) is 0 Å². The molecule has 0 saturated heterocycles. The third kappa shape index (κ3) is 1.16. The van der Waals surface area contributed by atoms with E-state index in [1.807, 2.05) is 0 Å². The average molecular weight is 215 g/mol. The molecule has 0 amide bonds. The summed E-state index contributed by atoms with van der Waals surface area (Å²) in [7, 11) is 0. The van der Waals surface area contributed by atoms with Crippen LogP contribution in [0.2, 0.25) is 0 Å². The molecule has 3 heteroatoms. The smallest absolute Gasteiger partial charge is 0.170 e. The molecule has 2 rings (SSSR count). The van der Waals surface area contributed by atoms with Gasteiger partial charge in [0.05, 0.1) is 0 Å². The first-order chi connectivity index (χ1) is 5.25. The van der Waals surface area contributed by atoms with Gasteiger partial charge in [-0.15, -0.1) is 0 Å². The molecule has 0 radical (unpaired) electrons. The maximum Gasteiger partial charge on any atom is 0.170 e. The number of rotatable bonds is 0. The molecule has 1 nitrogen and oxygen atoms in total. The minimum Gasteiger partial charge on any atom is -0.449 e. The van der Waals surface area contributed by atoms with Crippen molar-refractivity contribution in [1.29, 1.82) is 0 Å². The zero-order valence-electron chi connectivity index (χ0n) is 5.47. The number of halogens is 2. The lowest BCUT2D eigenvalue weighted by Crippen LogP contribution is -1.68. The first kappa shape index (κ1) is 6.85. The van der Waals surface area contributed by atoms with Gasteiger partial charge in [0, 0.05) is 5.39 Å². The van der Waals surface area contributed by atoms with E-state index >= 15 is 0 Å². The molecule has 0 saturated carbocycles.